The summed E-state index contributed by atoms with van der Waals surface area (Å²) >= 11 is 0. The van der Waals surface area contributed by atoms with Crippen LogP contribution in [-0.4, -0.2) is 62.9 Å². The van der Waals surface area contributed by atoms with Gasteiger partial charge in [0.25, 0.3) is 0 Å². The first-order chi connectivity index (χ1) is 13.8. The van der Waals surface area contributed by atoms with Crippen LogP contribution in [0.1, 0.15) is 44.6 Å². The maximum Gasteiger partial charge on any atom is 0.191 e. The van der Waals surface area contributed by atoms with Crippen molar-refractivity contribution in [2.45, 2.75) is 51.1 Å². The highest BCUT2D eigenvalue weighted by Crippen LogP contribution is 2.33. The van der Waals surface area contributed by atoms with Crippen LogP contribution in [0.3, 0.4) is 0 Å². The van der Waals surface area contributed by atoms with E-state index in [-0.39, 0.29) is 29.5 Å². The number of hydrogen-bond donors (Lipinski definition) is 2. The van der Waals surface area contributed by atoms with Gasteiger partial charge in [-0.25, -0.2) is 0 Å². The molecule has 1 aromatic rings. The Hall–Kier alpha value is -1.06. The highest BCUT2D eigenvalue weighted by Gasteiger charge is 2.38. The molecule has 2 fully saturated rings. The van der Waals surface area contributed by atoms with E-state index < -0.39 is 0 Å². The van der Waals surface area contributed by atoms with Crippen LogP contribution >= 0.6 is 24.0 Å². The van der Waals surface area contributed by atoms with E-state index in [9.17, 15) is 0 Å². The quantitative estimate of drug-likeness (QED) is 0.331. The molecule has 3 rings (SSSR count). The number of rotatable bonds is 7. The predicted molar refractivity (Wildman–Crippen MR) is 129 cm³/mol. The summed E-state index contributed by atoms with van der Waals surface area (Å²) in [6.07, 6.45) is 6.49. The lowest BCUT2D eigenvalue weighted by atomic mass is 9.80. The second-order valence-electron chi connectivity index (χ2n) is 7.70. The van der Waals surface area contributed by atoms with Crippen molar-refractivity contribution in [3.8, 4) is 5.75 Å². The molecule has 1 aliphatic carbocycles. The van der Waals surface area contributed by atoms with Crippen molar-refractivity contribution in [3.05, 3.63) is 29.8 Å². The minimum absolute atomic E-state index is 0. The monoisotopic (exact) mass is 516 g/mol. The Morgan fingerprint density at radius 1 is 1.14 bits per heavy atom. The van der Waals surface area contributed by atoms with E-state index in [2.05, 4.69) is 26.6 Å². The standard InChI is InChI=1S/C22H36N4O2.HI/c1-3-28-20-10-6-5-9-19(20)17-24-21(23-2)25-18-22(11-7-4-8-12-22)26-13-15-27-16-14-26;/h5-6,9-10H,3-4,7-8,11-18H2,1-2H3,(H2,23,24,25);1H. The van der Waals surface area contributed by atoms with E-state index in [1.165, 1.54) is 32.1 Å². The van der Waals surface area contributed by atoms with E-state index >= 15 is 0 Å². The molecule has 7 heteroatoms. The zero-order chi connectivity index (χ0) is 19.7. The lowest BCUT2D eigenvalue weighted by molar-refractivity contribution is -0.0352. The molecule has 0 unspecified atom stereocenters. The summed E-state index contributed by atoms with van der Waals surface area (Å²) in [4.78, 5) is 7.10. The van der Waals surface area contributed by atoms with Crippen LogP contribution in [-0.2, 0) is 11.3 Å². The third-order valence-electron chi connectivity index (χ3n) is 5.99. The average Bonchev–Trinajstić information content (AvgIpc) is 2.76. The largest absolute Gasteiger partial charge is 0.494 e. The topological polar surface area (TPSA) is 58.1 Å². The molecular formula is C22H37IN4O2. The molecular weight excluding hydrogens is 479 g/mol. The molecule has 29 heavy (non-hydrogen) atoms. The molecule has 0 amide bonds. The fourth-order valence-electron chi connectivity index (χ4n) is 4.45. The number of halogens is 1. The Labute approximate surface area is 192 Å². The second kappa shape index (κ2) is 12.6. The SMILES string of the molecule is CCOc1ccccc1CNC(=NC)NCC1(N2CCOCC2)CCCCC1.I. The van der Waals surface area contributed by atoms with Gasteiger partial charge in [0.05, 0.1) is 19.8 Å². The number of morpholine rings is 1. The molecule has 1 aliphatic heterocycles. The molecule has 6 nitrogen and oxygen atoms in total. The second-order valence-corrected chi connectivity index (χ2v) is 7.70. The van der Waals surface area contributed by atoms with Crippen molar-refractivity contribution in [2.75, 3.05) is 46.5 Å². The van der Waals surface area contributed by atoms with Gasteiger partial charge in [-0.05, 0) is 25.8 Å². The summed E-state index contributed by atoms with van der Waals surface area (Å²) in [5.41, 5.74) is 1.37. The minimum atomic E-state index is 0. The number of guanidine groups is 1. The first kappa shape index (κ1) is 24.2. The van der Waals surface area contributed by atoms with Crippen LogP contribution < -0.4 is 15.4 Å². The number of ether oxygens (including phenoxy) is 2. The van der Waals surface area contributed by atoms with Gasteiger partial charge in [0, 0.05) is 44.3 Å². The fourth-order valence-corrected chi connectivity index (χ4v) is 4.45. The van der Waals surface area contributed by atoms with Gasteiger partial charge >= 0.3 is 0 Å². The molecule has 0 atom stereocenters. The number of benzene rings is 1. The number of aliphatic imine (C=N–C) groups is 1. The van der Waals surface area contributed by atoms with Gasteiger partial charge in [-0.2, -0.15) is 0 Å². The van der Waals surface area contributed by atoms with E-state index in [0.29, 0.717) is 13.2 Å². The predicted octanol–water partition coefficient (Wildman–Crippen LogP) is 3.40. The average molecular weight is 516 g/mol. The maximum atomic E-state index is 5.73. The molecule has 2 aliphatic rings. The van der Waals surface area contributed by atoms with Crippen LogP contribution in [0.15, 0.2) is 29.3 Å². The summed E-state index contributed by atoms with van der Waals surface area (Å²) in [5.74, 6) is 1.79. The summed E-state index contributed by atoms with van der Waals surface area (Å²) in [7, 11) is 1.84. The van der Waals surface area contributed by atoms with Crippen molar-refractivity contribution in [3.63, 3.8) is 0 Å². The summed E-state index contributed by atoms with van der Waals surface area (Å²) in [6.45, 7) is 8.09. The van der Waals surface area contributed by atoms with Crippen molar-refractivity contribution in [2.24, 2.45) is 4.99 Å². The molecule has 1 saturated heterocycles. The Morgan fingerprint density at radius 3 is 2.55 bits per heavy atom. The molecule has 164 valence electrons. The van der Waals surface area contributed by atoms with Gasteiger partial charge < -0.3 is 20.1 Å². The zero-order valence-corrected chi connectivity index (χ0v) is 20.2. The van der Waals surface area contributed by atoms with Gasteiger partial charge in [0.2, 0.25) is 0 Å². The van der Waals surface area contributed by atoms with Gasteiger partial charge in [0.15, 0.2) is 5.96 Å². The Kier molecular flexibility index (Phi) is 10.5. The Balaban J connectivity index is 0.00000300. The number of hydrogen-bond acceptors (Lipinski definition) is 4. The van der Waals surface area contributed by atoms with Gasteiger partial charge in [-0.3, -0.25) is 9.89 Å². The Morgan fingerprint density at radius 2 is 1.86 bits per heavy atom. The van der Waals surface area contributed by atoms with Gasteiger partial charge in [0.1, 0.15) is 5.75 Å². The van der Waals surface area contributed by atoms with E-state index in [1.807, 2.05) is 32.2 Å². The van der Waals surface area contributed by atoms with Gasteiger partial charge in [-0.15, -0.1) is 24.0 Å². The van der Waals surface area contributed by atoms with E-state index in [0.717, 1.165) is 50.1 Å². The molecule has 2 N–H and O–H groups in total. The smallest absolute Gasteiger partial charge is 0.191 e. The fraction of sp³-hybridized carbons (Fsp3) is 0.682. The third kappa shape index (κ3) is 6.72. The van der Waals surface area contributed by atoms with Crippen molar-refractivity contribution in [1.82, 2.24) is 15.5 Å². The lowest BCUT2D eigenvalue weighted by Gasteiger charge is -2.48. The number of nitrogens with one attached hydrogen (secondary N) is 2. The first-order valence-corrected chi connectivity index (χ1v) is 10.8. The van der Waals surface area contributed by atoms with Crippen LogP contribution in [0.4, 0.5) is 0 Å². The molecule has 1 aromatic carbocycles. The first-order valence-electron chi connectivity index (χ1n) is 10.8. The Bertz CT molecular complexity index is 629. The van der Waals surface area contributed by atoms with Crippen LogP contribution in [0.25, 0.3) is 0 Å². The highest BCUT2D eigenvalue weighted by molar-refractivity contribution is 14.0. The molecule has 0 aromatic heterocycles. The number of nitrogens with zero attached hydrogens (tertiary/aromatic N) is 2. The maximum absolute atomic E-state index is 5.73. The number of para-hydroxylation sites is 1. The van der Waals surface area contributed by atoms with Crippen LogP contribution in [0.5, 0.6) is 5.75 Å². The summed E-state index contributed by atoms with van der Waals surface area (Å²) in [5, 5.41) is 7.07. The van der Waals surface area contributed by atoms with Crippen molar-refractivity contribution >= 4 is 29.9 Å². The van der Waals surface area contributed by atoms with Crippen LogP contribution in [0.2, 0.25) is 0 Å². The van der Waals surface area contributed by atoms with Gasteiger partial charge in [-0.1, -0.05) is 37.5 Å². The van der Waals surface area contributed by atoms with Crippen molar-refractivity contribution < 1.29 is 9.47 Å². The lowest BCUT2D eigenvalue weighted by Crippen LogP contribution is -2.60. The minimum Gasteiger partial charge on any atom is -0.494 e. The summed E-state index contributed by atoms with van der Waals surface area (Å²) in [6, 6.07) is 8.18. The van der Waals surface area contributed by atoms with Crippen molar-refractivity contribution in [1.29, 1.82) is 0 Å². The highest BCUT2D eigenvalue weighted by atomic mass is 127. The molecule has 1 saturated carbocycles. The molecule has 0 bridgehead atoms. The summed E-state index contributed by atoms with van der Waals surface area (Å²) < 4.78 is 11.3. The van der Waals surface area contributed by atoms with E-state index in [1.54, 1.807) is 0 Å². The molecule has 0 spiro atoms. The normalized spacial score (nSPS) is 19.9. The third-order valence-corrected chi connectivity index (χ3v) is 5.99. The molecule has 1 heterocycles. The molecule has 0 radical (unpaired) electrons. The van der Waals surface area contributed by atoms with E-state index in [4.69, 9.17) is 9.47 Å². The van der Waals surface area contributed by atoms with Crippen LogP contribution in [0, 0.1) is 0 Å². The zero-order valence-electron chi connectivity index (χ0n) is 17.9.